The van der Waals surface area contributed by atoms with Crippen LogP contribution in [0.5, 0.6) is 5.75 Å². The van der Waals surface area contributed by atoms with Crippen LogP contribution in [-0.2, 0) is 0 Å². The van der Waals surface area contributed by atoms with E-state index >= 15 is 0 Å². The van der Waals surface area contributed by atoms with E-state index in [1.54, 1.807) is 12.3 Å². The summed E-state index contributed by atoms with van der Waals surface area (Å²) in [5.74, 6) is 1.52. The molecule has 1 atom stereocenters. The van der Waals surface area contributed by atoms with Crippen LogP contribution >= 0.6 is 11.8 Å². The van der Waals surface area contributed by atoms with E-state index < -0.39 is 0 Å². The first-order chi connectivity index (χ1) is 7.33. The molecule has 0 aromatic carbocycles. The van der Waals surface area contributed by atoms with E-state index in [2.05, 4.69) is 4.98 Å². The van der Waals surface area contributed by atoms with E-state index in [0.717, 1.165) is 11.3 Å². The molecular weight excluding hydrogens is 208 g/mol. The van der Waals surface area contributed by atoms with Gasteiger partial charge in [0.05, 0.1) is 11.9 Å². The Bertz CT molecular complexity index is 488. The molecule has 1 unspecified atom stereocenters. The van der Waals surface area contributed by atoms with Crippen molar-refractivity contribution in [2.75, 3.05) is 5.75 Å². The van der Waals surface area contributed by atoms with Gasteiger partial charge in [0, 0.05) is 11.4 Å². The van der Waals surface area contributed by atoms with Gasteiger partial charge >= 0.3 is 0 Å². The highest BCUT2D eigenvalue weighted by atomic mass is 32.2. The van der Waals surface area contributed by atoms with Crippen LogP contribution in [0.4, 0.5) is 0 Å². The standard InChI is InChI=1S/C11H12N2OS/c14-8-3-4-11-12-9(7-13(11)6-8)10-2-1-5-15-10/h3-4,6-7,10,14H,1-2,5H2. The number of pyridine rings is 1. The molecule has 0 radical (unpaired) electrons. The molecule has 0 amide bonds. The van der Waals surface area contributed by atoms with Gasteiger partial charge in [-0.3, -0.25) is 0 Å². The molecule has 0 aliphatic carbocycles. The van der Waals surface area contributed by atoms with Crippen LogP contribution in [0.25, 0.3) is 5.65 Å². The summed E-state index contributed by atoms with van der Waals surface area (Å²) in [7, 11) is 0. The fourth-order valence-corrected chi connectivity index (χ4v) is 3.20. The Morgan fingerprint density at radius 3 is 3.13 bits per heavy atom. The number of rotatable bonds is 1. The minimum atomic E-state index is 0.283. The lowest BCUT2D eigenvalue weighted by atomic mass is 10.2. The molecule has 0 saturated carbocycles. The Hall–Kier alpha value is -1.16. The number of thioether (sulfide) groups is 1. The Morgan fingerprint density at radius 1 is 1.40 bits per heavy atom. The van der Waals surface area contributed by atoms with Crippen molar-refractivity contribution < 1.29 is 5.11 Å². The number of hydrogen-bond donors (Lipinski definition) is 1. The molecule has 1 aliphatic heterocycles. The molecule has 1 saturated heterocycles. The van der Waals surface area contributed by atoms with Gasteiger partial charge in [-0.15, -0.1) is 0 Å². The first-order valence-electron chi connectivity index (χ1n) is 5.12. The molecule has 15 heavy (non-hydrogen) atoms. The molecular formula is C11H12N2OS. The smallest absolute Gasteiger partial charge is 0.137 e. The highest BCUT2D eigenvalue weighted by Crippen LogP contribution is 2.39. The van der Waals surface area contributed by atoms with Crippen LogP contribution in [0.3, 0.4) is 0 Å². The van der Waals surface area contributed by atoms with Crippen LogP contribution in [0, 0.1) is 0 Å². The quantitative estimate of drug-likeness (QED) is 0.802. The van der Waals surface area contributed by atoms with Gasteiger partial charge in [-0.05, 0) is 30.7 Å². The van der Waals surface area contributed by atoms with Crippen LogP contribution < -0.4 is 0 Å². The molecule has 2 aromatic rings. The van der Waals surface area contributed by atoms with Gasteiger partial charge in [-0.25, -0.2) is 4.98 Å². The predicted molar refractivity (Wildman–Crippen MR) is 61.3 cm³/mol. The summed E-state index contributed by atoms with van der Waals surface area (Å²) in [5.41, 5.74) is 2.05. The molecule has 3 nitrogen and oxygen atoms in total. The van der Waals surface area contributed by atoms with Crippen molar-refractivity contribution in [1.82, 2.24) is 9.38 Å². The summed E-state index contributed by atoms with van der Waals surface area (Å²) in [6.45, 7) is 0. The van der Waals surface area contributed by atoms with Crippen molar-refractivity contribution in [3.63, 3.8) is 0 Å². The first kappa shape index (κ1) is 9.09. The second kappa shape index (κ2) is 3.45. The number of aromatic hydroxyl groups is 1. The number of fused-ring (bicyclic) bond motifs is 1. The van der Waals surface area contributed by atoms with Crippen LogP contribution in [-0.4, -0.2) is 20.2 Å². The summed E-state index contributed by atoms with van der Waals surface area (Å²) >= 11 is 1.98. The Balaban J connectivity index is 2.05. The summed E-state index contributed by atoms with van der Waals surface area (Å²) < 4.78 is 1.89. The van der Waals surface area contributed by atoms with E-state index in [1.807, 2.05) is 28.4 Å². The summed E-state index contributed by atoms with van der Waals surface area (Å²) in [4.78, 5) is 4.57. The lowest BCUT2D eigenvalue weighted by Crippen LogP contribution is -1.86. The molecule has 0 bridgehead atoms. The lowest BCUT2D eigenvalue weighted by molar-refractivity contribution is 0.472. The maximum absolute atomic E-state index is 9.35. The highest BCUT2D eigenvalue weighted by molar-refractivity contribution is 7.99. The second-order valence-electron chi connectivity index (χ2n) is 3.82. The molecule has 0 spiro atoms. The topological polar surface area (TPSA) is 37.5 Å². The normalized spacial score (nSPS) is 21.2. The zero-order chi connectivity index (χ0) is 10.3. The van der Waals surface area contributed by atoms with Gasteiger partial charge in [0.15, 0.2) is 0 Å². The maximum atomic E-state index is 9.35. The number of imidazole rings is 1. The average Bonchev–Trinajstić information content (AvgIpc) is 2.84. The monoisotopic (exact) mass is 220 g/mol. The first-order valence-corrected chi connectivity index (χ1v) is 6.17. The van der Waals surface area contributed by atoms with Crippen LogP contribution in [0.15, 0.2) is 24.5 Å². The Labute approximate surface area is 92.1 Å². The van der Waals surface area contributed by atoms with Gasteiger partial charge in [0.2, 0.25) is 0 Å². The Morgan fingerprint density at radius 2 is 2.33 bits per heavy atom. The summed E-state index contributed by atoms with van der Waals surface area (Å²) in [6, 6.07) is 3.52. The van der Waals surface area contributed by atoms with E-state index in [4.69, 9.17) is 0 Å². The minimum absolute atomic E-state index is 0.283. The SMILES string of the molecule is Oc1ccc2nc(C3CCCS3)cn2c1. The molecule has 1 aliphatic rings. The molecule has 1 N–H and O–H groups in total. The van der Waals surface area contributed by atoms with Crippen LogP contribution in [0.1, 0.15) is 23.8 Å². The van der Waals surface area contributed by atoms with Gasteiger partial charge in [0.1, 0.15) is 11.4 Å². The highest BCUT2D eigenvalue weighted by Gasteiger charge is 2.20. The summed E-state index contributed by atoms with van der Waals surface area (Å²) in [6.07, 6.45) is 6.23. The van der Waals surface area contributed by atoms with E-state index in [1.165, 1.54) is 18.6 Å². The third-order valence-corrected chi connectivity index (χ3v) is 4.12. The number of aromatic nitrogens is 2. The van der Waals surface area contributed by atoms with Gasteiger partial charge in [-0.1, -0.05) is 0 Å². The molecule has 2 aromatic heterocycles. The van der Waals surface area contributed by atoms with Crippen molar-refractivity contribution in [1.29, 1.82) is 0 Å². The van der Waals surface area contributed by atoms with E-state index in [0.29, 0.717) is 5.25 Å². The van der Waals surface area contributed by atoms with E-state index in [-0.39, 0.29) is 5.75 Å². The number of hydrogen-bond acceptors (Lipinski definition) is 3. The molecule has 1 fully saturated rings. The van der Waals surface area contributed by atoms with Crippen molar-refractivity contribution in [3.05, 3.63) is 30.2 Å². The molecule has 3 rings (SSSR count). The molecule has 78 valence electrons. The lowest BCUT2D eigenvalue weighted by Gasteiger charge is -2.01. The van der Waals surface area contributed by atoms with Crippen molar-refractivity contribution in [2.24, 2.45) is 0 Å². The van der Waals surface area contributed by atoms with E-state index in [9.17, 15) is 5.11 Å². The molecule has 3 heterocycles. The largest absolute Gasteiger partial charge is 0.506 e. The third kappa shape index (κ3) is 1.59. The Kier molecular flexibility index (Phi) is 2.09. The fraction of sp³-hybridized carbons (Fsp3) is 0.364. The van der Waals surface area contributed by atoms with Crippen molar-refractivity contribution in [3.8, 4) is 5.75 Å². The van der Waals surface area contributed by atoms with Crippen molar-refractivity contribution >= 4 is 17.4 Å². The zero-order valence-corrected chi connectivity index (χ0v) is 9.07. The van der Waals surface area contributed by atoms with Gasteiger partial charge < -0.3 is 9.51 Å². The maximum Gasteiger partial charge on any atom is 0.137 e. The van der Waals surface area contributed by atoms with Crippen molar-refractivity contribution in [2.45, 2.75) is 18.1 Å². The zero-order valence-electron chi connectivity index (χ0n) is 8.26. The average molecular weight is 220 g/mol. The van der Waals surface area contributed by atoms with Crippen LogP contribution in [0.2, 0.25) is 0 Å². The molecule has 4 heteroatoms. The summed E-state index contributed by atoms with van der Waals surface area (Å²) in [5, 5.41) is 9.90. The number of nitrogens with zero attached hydrogens (tertiary/aromatic N) is 2. The minimum Gasteiger partial charge on any atom is -0.506 e. The predicted octanol–water partition coefficient (Wildman–Crippen LogP) is 2.61. The fourth-order valence-electron chi connectivity index (χ4n) is 1.97. The van der Waals surface area contributed by atoms with Gasteiger partial charge in [-0.2, -0.15) is 11.8 Å². The third-order valence-electron chi connectivity index (χ3n) is 2.71. The second-order valence-corrected chi connectivity index (χ2v) is 5.13. The van der Waals surface area contributed by atoms with Gasteiger partial charge in [0.25, 0.3) is 0 Å².